The Bertz CT molecular complexity index is 517. The summed E-state index contributed by atoms with van der Waals surface area (Å²) in [7, 11) is 0. The number of benzene rings is 1. The molecule has 2 aliphatic rings. The first-order chi connectivity index (χ1) is 10.2. The van der Waals surface area contributed by atoms with Crippen molar-refractivity contribution in [1.82, 2.24) is 5.32 Å². The molecule has 114 valence electrons. The molecule has 1 aromatic rings. The van der Waals surface area contributed by atoms with Crippen molar-refractivity contribution in [1.29, 1.82) is 0 Å². The van der Waals surface area contributed by atoms with E-state index in [9.17, 15) is 4.79 Å². The summed E-state index contributed by atoms with van der Waals surface area (Å²) in [6.45, 7) is 3.12. The third kappa shape index (κ3) is 2.77. The SMILES string of the molecule is CCOC(=O)C1CCCCCC12NCc1ccccc1N2. The number of carbonyl (C=O) groups excluding carboxylic acids is 1. The molecule has 1 heterocycles. The Hall–Kier alpha value is -1.55. The molecule has 0 aromatic heterocycles. The molecule has 1 aliphatic carbocycles. The van der Waals surface area contributed by atoms with E-state index in [4.69, 9.17) is 4.74 Å². The number of carbonyl (C=O) groups is 1. The molecule has 0 bridgehead atoms. The summed E-state index contributed by atoms with van der Waals surface area (Å²) < 4.78 is 5.33. The van der Waals surface area contributed by atoms with Crippen LogP contribution in [0.4, 0.5) is 5.69 Å². The van der Waals surface area contributed by atoms with E-state index in [1.807, 2.05) is 13.0 Å². The molecule has 4 heteroatoms. The molecular formula is C17H24N2O2. The number of nitrogens with one attached hydrogen (secondary N) is 2. The number of para-hydroxylation sites is 1. The van der Waals surface area contributed by atoms with Crippen molar-refractivity contribution >= 4 is 11.7 Å². The molecule has 1 saturated carbocycles. The van der Waals surface area contributed by atoms with Gasteiger partial charge >= 0.3 is 5.97 Å². The van der Waals surface area contributed by atoms with Crippen LogP contribution < -0.4 is 10.6 Å². The minimum Gasteiger partial charge on any atom is -0.466 e. The van der Waals surface area contributed by atoms with E-state index >= 15 is 0 Å². The van der Waals surface area contributed by atoms with E-state index < -0.39 is 0 Å². The van der Waals surface area contributed by atoms with Gasteiger partial charge in [0.15, 0.2) is 0 Å². The predicted molar refractivity (Wildman–Crippen MR) is 82.8 cm³/mol. The van der Waals surface area contributed by atoms with Crippen molar-refractivity contribution in [3.8, 4) is 0 Å². The van der Waals surface area contributed by atoms with Gasteiger partial charge in [-0.05, 0) is 37.8 Å². The molecule has 0 radical (unpaired) electrons. The van der Waals surface area contributed by atoms with Crippen LogP contribution in [0.3, 0.4) is 0 Å². The molecule has 1 spiro atoms. The van der Waals surface area contributed by atoms with Crippen molar-refractivity contribution in [3.63, 3.8) is 0 Å². The second kappa shape index (κ2) is 6.06. The fourth-order valence-corrected chi connectivity index (χ4v) is 3.61. The van der Waals surface area contributed by atoms with Crippen LogP contribution in [-0.2, 0) is 16.1 Å². The zero-order valence-electron chi connectivity index (χ0n) is 12.7. The van der Waals surface area contributed by atoms with Gasteiger partial charge in [-0.1, -0.05) is 31.0 Å². The Morgan fingerprint density at radius 2 is 2.19 bits per heavy atom. The molecule has 0 saturated heterocycles. The summed E-state index contributed by atoms with van der Waals surface area (Å²) in [5.41, 5.74) is 2.05. The van der Waals surface area contributed by atoms with E-state index in [-0.39, 0.29) is 17.6 Å². The lowest BCUT2D eigenvalue weighted by molar-refractivity contribution is -0.151. The van der Waals surface area contributed by atoms with Gasteiger partial charge in [0, 0.05) is 12.2 Å². The van der Waals surface area contributed by atoms with Gasteiger partial charge in [0.1, 0.15) is 5.66 Å². The van der Waals surface area contributed by atoms with Crippen molar-refractivity contribution in [2.24, 2.45) is 5.92 Å². The largest absolute Gasteiger partial charge is 0.466 e. The quantitative estimate of drug-likeness (QED) is 0.821. The summed E-state index contributed by atoms with van der Waals surface area (Å²) >= 11 is 0. The maximum Gasteiger partial charge on any atom is 0.312 e. The predicted octanol–water partition coefficient (Wildman–Crippen LogP) is 3.04. The Morgan fingerprint density at radius 3 is 3.05 bits per heavy atom. The normalized spacial score (nSPS) is 28.3. The number of fused-ring (bicyclic) bond motifs is 1. The van der Waals surface area contributed by atoms with Crippen molar-refractivity contribution < 1.29 is 9.53 Å². The van der Waals surface area contributed by atoms with Crippen LogP contribution in [0.2, 0.25) is 0 Å². The van der Waals surface area contributed by atoms with Crippen LogP contribution in [0.5, 0.6) is 0 Å². The first kappa shape index (κ1) is 14.4. The summed E-state index contributed by atoms with van der Waals surface area (Å²) in [6, 6.07) is 8.32. The Kier molecular flexibility index (Phi) is 4.15. The number of anilines is 1. The maximum absolute atomic E-state index is 12.4. The van der Waals surface area contributed by atoms with E-state index in [0.717, 1.165) is 37.9 Å². The van der Waals surface area contributed by atoms with Gasteiger partial charge in [-0.2, -0.15) is 0 Å². The number of hydrogen-bond acceptors (Lipinski definition) is 4. The van der Waals surface area contributed by atoms with Gasteiger partial charge in [-0.25, -0.2) is 0 Å². The van der Waals surface area contributed by atoms with Crippen LogP contribution in [-0.4, -0.2) is 18.2 Å². The smallest absolute Gasteiger partial charge is 0.312 e. The second-order valence-corrected chi connectivity index (χ2v) is 6.01. The molecular weight excluding hydrogens is 264 g/mol. The average molecular weight is 288 g/mol. The second-order valence-electron chi connectivity index (χ2n) is 6.01. The first-order valence-electron chi connectivity index (χ1n) is 8.03. The molecule has 3 rings (SSSR count). The fraction of sp³-hybridized carbons (Fsp3) is 0.588. The van der Waals surface area contributed by atoms with E-state index in [1.165, 1.54) is 12.0 Å². The van der Waals surface area contributed by atoms with Gasteiger partial charge < -0.3 is 10.1 Å². The Morgan fingerprint density at radius 1 is 1.33 bits per heavy atom. The average Bonchev–Trinajstić information content (AvgIpc) is 2.70. The number of hydrogen-bond donors (Lipinski definition) is 2. The van der Waals surface area contributed by atoms with E-state index in [1.54, 1.807) is 0 Å². The highest BCUT2D eigenvalue weighted by molar-refractivity contribution is 5.75. The molecule has 21 heavy (non-hydrogen) atoms. The molecule has 2 atom stereocenters. The number of esters is 1. The summed E-state index contributed by atoms with van der Waals surface area (Å²) in [5, 5.41) is 7.24. The van der Waals surface area contributed by atoms with E-state index in [2.05, 4.69) is 28.8 Å². The Labute approximate surface area is 126 Å². The zero-order chi connectivity index (χ0) is 14.7. The van der Waals surface area contributed by atoms with Crippen molar-refractivity contribution in [2.45, 2.75) is 51.2 Å². The summed E-state index contributed by atoms with van der Waals surface area (Å²) in [5.74, 6) is -0.188. The van der Waals surface area contributed by atoms with E-state index in [0.29, 0.717) is 6.61 Å². The van der Waals surface area contributed by atoms with Crippen LogP contribution in [0.25, 0.3) is 0 Å². The van der Waals surface area contributed by atoms with Crippen LogP contribution in [0.15, 0.2) is 24.3 Å². The lowest BCUT2D eigenvalue weighted by Gasteiger charge is -2.44. The molecule has 1 fully saturated rings. The van der Waals surface area contributed by atoms with Gasteiger partial charge in [0.05, 0.1) is 12.5 Å². The van der Waals surface area contributed by atoms with Gasteiger partial charge in [-0.15, -0.1) is 0 Å². The fourth-order valence-electron chi connectivity index (χ4n) is 3.61. The zero-order valence-corrected chi connectivity index (χ0v) is 12.7. The van der Waals surface area contributed by atoms with Crippen LogP contribution >= 0.6 is 0 Å². The molecule has 2 N–H and O–H groups in total. The van der Waals surface area contributed by atoms with Crippen molar-refractivity contribution in [2.75, 3.05) is 11.9 Å². The minimum atomic E-state index is -0.350. The monoisotopic (exact) mass is 288 g/mol. The lowest BCUT2D eigenvalue weighted by atomic mass is 9.85. The molecule has 4 nitrogen and oxygen atoms in total. The van der Waals surface area contributed by atoms with Crippen LogP contribution in [0, 0.1) is 5.92 Å². The molecule has 1 aliphatic heterocycles. The third-order valence-corrected chi connectivity index (χ3v) is 4.70. The number of ether oxygens (including phenoxy) is 1. The highest BCUT2D eigenvalue weighted by Gasteiger charge is 2.46. The first-order valence-corrected chi connectivity index (χ1v) is 8.03. The summed E-state index contributed by atoms with van der Waals surface area (Å²) in [6.07, 6.45) is 5.27. The van der Waals surface area contributed by atoms with Crippen LogP contribution in [0.1, 0.15) is 44.6 Å². The third-order valence-electron chi connectivity index (χ3n) is 4.70. The highest BCUT2D eigenvalue weighted by atomic mass is 16.5. The molecule has 2 unspecified atom stereocenters. The standard InChI is InChI=1S/C17H24N2O2/c1-2-21-16(20)14-9-4-3-7-11-17(14)18-12-13-8-5-6-10-15(13)19-17/h5-6,8,10,14,18-19H,2-4,7,9,11-12H2,1H3. The topological polar surface area (TPSA) is 50.4 Å². The summed E-state index contributed by atoms with van der Waals surface area (Å²) in [4.78, 5) is 12.4. The molecule has 0 amide bonds. The highest BCUT2D eigenvalue weighted by Crippen LogP contribution is 2.38. The number of rotatable bonds is 2. The maximum atomic E-state index is 12.4. The van der Waals surface area contributed by atoms with Gasteiger partial charge in [-0.3, -0.25) is 10.1 Å². The molecule has 1 aromatic carbocycles. The lowest BCUT2D eigenvalue weighted by Crippen LogP contribution is -2.61. The van der Waals surface area contributed by atoms with Gasteiger partial charge in [0.25, 0.3) is 0 Å². The minimum absolute atomic E-state index is 0.0706. The Balaban J connectivity index is 1.90. The van der Waals surface area contributed by atoms with Crippen molar-refractivity contribution in [3.05, 3.63) is 29.8 Å². The van der Waals surface area contributed by atoms with Gasteiger partial charge in [0.2, 0.25) is 0 Å².